The molecule has 5 nitrogen and oxygen atoms in total. The SMILES string of the molecule is CC(NC(=O)C(C)N1CCCN(C(=O)c2ccsc2)CC1)c1ccc(Cl)cc1Cl. The zero-order chi connectivity index (χ0) is 21.0. The molecular formula is C21H25Cl2N3O2S. The number of benzene rings is 1. The molecule has 0 radical (unpaired) electrons. The molecule has 1 aliphatic heterocycles. The first kappa shape index (κ1) is 22.1. The zero-order valence-electron chi connectivity index (χ0n) is 16.5. The van der Waals surface area contributed by atoms with Crippen LogP contribution in [0.4, 0.5) is 0 Å². The Hall–Kier alpha value is -1.60. The van der Waals surface area contributed by atoms with Gasteiger partial charge in [-0.15, -0.1) is 0 Å². The average Bonchev–Trinajstić information content (AvgIpc) is 3.11. The summed E-state index contributed by atoms with van der Waals surface area (Å²) in [5, 5.41) is 7.94. The lowest BCUT2D eigenvalue weighted by Crippen LogP contribution is -2.47. The molecule has 0 aliphatic carbocycles. The van der Waals surface area contributed by atoms with Gasteiger partial charge >= 0.3 is 0 Å². The van der Waals surface area contributed by atoms with Crippen LogP contribution >= 0.6 is 34.5 Å². The van der Waals surface area contributed by atoms with Crippen LogP contribution in [-0.4, -0.2) is 53.8 Å². The van der Waals surface area contributed by atoms with Crippen molar-refractivity contribution in [3.05, 3.63) is 56.2 Å². The highest BCUT2D eigenvalue weighted by atomic mass is 35.5. The lowest BCUT2D eigenvalue weighted by Gasteiger charge is -2.28. The highest BCUT2D eigenvalue weighted by Crippen LogP contribution is 2.26. The normalized spacial score (nSPS) is 17.4. The Morgan fingerprint density at radius 1 is 1.10 bits per heavy atom. The van der Waals surface area contributed by atoms with E-state index in [1.807, 2.05) is 41.6 Å². The van der Waals surface area contributed by atoms with Gasteiger partial charge in [-0.1, -0.05) is 29.3 Å². The van der Waals surface area contributed by atoms with Gasteiger partial charge in [0.25, 0.3) is 5.91 Å². The van der Waals surface area contributed by atoms with E-state index in [-0.39, 0.29) is 23.9 Å². The first-order valence-corrected chi connectivity index (χ1v) is 11.4. The van der Waals surface area contributed by atoms with E-state index >= 15 is 0 Å². The number of halogens is 2. The van der Waals surface area contributed by atoms with E-state index < -0.39 is 0 Å². The molecule has 156 valence electrons. The van der Waals surface area contributed by atoms with Gasteiger partial charge in [0.2, 0.25) is 5.91 Å². The van der Waals surface area contributed by atoms with Gasteiger partial charge in [-0.3, -0.25) is 14.5 Å². The Bertz CT molecular complexity index is 860. The predicted molar refractivity (Wildman–Crippen MR) is 119 cm³/mol. The Morgan fingerprint density at radius 2 is 1.90 bits per heavy atom. The fraction of sp³-hybridized carbons (Fsp3) is 0.429. The van der Waals surface area contributed by atoms with Gasteiger partial charge in [0, 0.05) is 41.6 Å². The van der Waals surface area contributed by atoms with Crippen LogP contribution in [0, 0.1) is 0 Å². The zero-order valence-corrected chi connectivity index (χ0v) is 18.9. The van der Waals surface area contributed by atoms with Gasteiger partial charge in [-0.05, 0) is 49.4 Å². The summed E-state index contributed by atoms with van der Waals surface area (Å²) in [6.07, 6.45) is 0.839. The number of nitrogens with one attached hydrogen (secondary N) is 1. The van der Waals surface area contributed by atoms with E-state index in [0.29, 0.717) is 29.7 Å². The minimum Gasteiger partial charge on any atom is -0.348 e. The molecule has 1 N–H and O–H groups in total. The molecule has 8 heteroatoms. The monoisotopic (exact) mass is 453 g/mol. The van der Waals surface area contributed by atoms with Crippen molar-refractivity contribution in [2.75, 3.05) is 26.2 Å². The van der Waals surface area contributed by atoms with Crippen LogP contribution in [0.3, 0.4) is 0 Å². The molecule has 1 saturated heterocycles. The minimum absolute atomic E-state index is 0.0545. The van der Waals surface area contributed by atoms with E-state index in [0.717, 1.165) is 24.1 Å². The quantitative estimate of drug-likeness (QED) is 0.726. The van der Waals surface area contributed by atoms with Crippen LogP contribution in [0.2, 0.25) is 10.0 Å². The minimum atomic E-state index is -0.292. The van der Waals surface area contributed by atoms with Crippen LogP contribution in [0.15, 0.2) is 35.0 Å². The second kappa shape index (κ2) is 9.94. The summed E-state index contributed by atoms with van der Waals surface area (Å²) in [7, 11) is 0. The molecule has 1 aromatic carbocycles. The second-order valence-corrected chi connectivity index (χ2v) is 8.89. The van der Waals surface area contributed by atoms with Gasteiger partial charge in [0.05, 0.1) is 17.6 Å². The predicted octanol–water partition coefficient (Wildman–Crippen LogP) is 4.47. The largest absolute Gasteiger partial charge is 0.348 e. The van der Waals surface area contributed by atoms with Crippen molar-refractivity contribution in [1.82, 2.24) is 15.1 Å². The molecule has 1 fully saturated rings. The van der Waals surface area contributed by atoms with Crippen molar-refractivity contribution in [3.63, 3.8) is 0 Å². The van der Waals surface area contributed by atoms with Gasteiger partial charge < -0.3 is 10.2 Å². The maximum atomic E-state index is 12.8. The van der Waals surface area contributed by atoms with Gasteiger partial charge in [-0.25, -0.2) is 0 Å². The highest BCUT2D eigenvalue weighted by Gasteiger charge is 2.27. The van der Waals surface area contributed by atoms with Gasteiger partial charge in [0.1, 0.15) is 0 Å². The van der Waals surface area contributed by atoms with Crippen LogP contribution < -0.4 is 5.32 Å². The van der Waals surface area contributed by atoms with E-state index in [1.54, 1.807) is 12.1 Å². The first-order valence-electron chi connectivity index (χ1n) is 9.67. The Morgan fingerprint density at radius 3 is 2.59 bits per heavy atom. The summed E-state index contributed by atoms with van der Waals surface area (Å²) in [5.74, 6) is 0.0114. The third-order valence-corrected chi connectivity index (χ3v) is 6.55. The highest BCUT2D eigenvalue weighted by molar-refractivity contribution is 7.08. The topological polar surface area (TPSA) is 52.7 Å². The van der Waals surface area contributed by atoms with Gasteiger partial charge in [-0.2, -0.15) is 11.3 Å². The van der Waals surface area contributed by atoms with Crippen LogP contribution in [-0.2, 0) is 4.79 Å². The molecule has 1 aliphatic rings. The Balaban J connectivity index is 1.57. The maximum absolute atomic E-state index is 12.8. The number of nitrogens with zero attached hydrogens (tertiary/aromatic N) is 2. The summed E-state index contributed by atoms with van der Waals surface area (Å²) >= 11 is 13.7. The van der Waals surface area contributed by atoms with Crippen molar-refractivity contribution in [1.29, 1.82) is 0 Å². The Kier molecular flexibility index (Phi) is 7.57. The standard InChI is InChI=1S/C21H25Cl2N3O2S/c1-14(18-5-4-17(22)12-19(18)23)24-20(27)15(2)25-7-3-8-26(10-9-25)21(28)16-6-11-29-13-16/h4-6,11-15H,3,7-10H2,1-2H3,(H,24,27). The lowest BCUT2D eigenvalue weighted by molar-refractivity contribution is -0.126. The fourth-order valence-electron chi connectivity index (χ4n) is 3.53. The number of rotatable bonds is 5. The lowest BCUT2D eigenvalue weighted by atomic mass is 10.1. The summed E-state index contributed by atoms with van der Waals surface area (Å²) in [5.41, 5.74) is 1.57. The van der Waals surface area contributed by atoms with Gasteiger partial charge in [0.15, 0.2) is 0 Å². The van der Waals surface area contributed by atoms with E-state index in [4.69, 9.17) is 23.2 Å². The summed E-state index contributed by atoms with van der Waals surface area (Å²) in [6, 6.07) is 6.62. The number of hydrogen-bond donors (Lipinski definition) is 1. The summed E-state index contributed by atoms with van der Waals surface area (Å²) in [4.78, 5) is 29.4. The van der Waals surface area contributed by atoms with Crippen LogP contribution in [0.5, 0.6) is 0 Å². The number of thiophene rings is 1. The number of carbonyl (C=O) groups is 2. The van der Waals surface area contributed by atoms with Crippen LogP contribution in [0.1, 0.15) is 42.2 Å². The number of amides is 2. The summed E-state index contributed by atoms with van der Waals surface area (Å²) < 4.78 is 0. The molecule has 29 heavy (non-hydrogen) atoms. The third-order valence-electron chi connectivity index (χ3n) is 5.30. The molecule has 0 spiro atoms. The van der Waals surface area contributed by atoms with E-state index in [2.05, 4.69) is 10.2 Å². The first-order chi connectivity index (χ1) is 13.9. The molecule has 2 atom stereocenters. The fourth-order valence-corrected chi connectivity index (χ4v) is 4.73. The number of carbonyl (C=O) groups excluding carboxylic acids is 2. The molecule has 2 unspecified atom stereocenters. The molecular weight excluding hydrogens is 429 g/mol. The molecule has 2 heterocycles. The van der Waals surface area contributed by atoms with Crippen LogP contribution in [0.25, 0.3) is 0 Å². The number of hydrogen-bond acceptors (Lipinski definition) is 4. The average molecular weight is 454 g/mol. The maximum Gasteiger partial charge on any atom is 0.254 e. The second-order valence-electron chi connectivity index (χ2n) is 7.27. The van der Waals surface area contributed by atoms with Crippen molar-refractivity contribution in [3.8, 4) is 0 Å². The molecule has 1 aromatic heterocycles. The van der Waals surface area contributed by atoms with Crippen molar-refractivity contribution >= 4 is 46.4 Å². The Labute approximate surface area is 185 Å². The van der Waals surface area contributed by atoms with E-state index in [1.165, 1.54) is 11.3 Å². The molecule has 0 bridgehead atoms. The molecule has 0 saturated carbocycles. The molecule has 2 amide bonds. The molecule has 2 aromatic rings. The smallest absolute Gasteiger partial charge is 0.254 e. The van der Waals surface area contributed by atoms with Crippen molar-refractivity contribution in [2.24, 2.45) is 0 Å². The van der Waals surface area contributed by atoms with Crippen molar-refractivity contribution in [2.45, 2.75) is 32.4 Å². The van der Waals surface area contributed by atoms with E-state index in [9.17, 15) is 9.59 Å². The third kappa shape index (κ3) is 5.51. The molecule has 3 rings (SSSR count). The summed E-state index contributed by atoms with van der Waals surface area (Å²) in [6.45, 7) is 6.57. The van der Waals surface area contributed by atoms with Crippen molar-refractivity contribution < 1.29 is 9.59 Å².